The summed E-state index contributed by atoms with van der Waals surface area (Å²) in [6.45, 7) is 7.37. The monoisotopic (exact) mass is 261 g/mol. The minimum absolute atomic E-state index is 0.177. The smallest absolute Gasteiger partial charge is 0.410 e. The lowest BCUT2D eigenvalue weighted by atomic mass is 9.93. The fraction of sp³-hybridized carbons (Fsp3) is 0.562. The van der Waals surface area contributed by atoms with Gasteiger partial charge in [-0.05, 0) is 45.1 Å². The molecule has 1 heterocycles. The molecule has 0 atom stereocenters. The topological polar surface area (TPSA) is 29.5 Å². The molecule has 1 saturated heterocycles. The molecule has 1 aromatic carbocycles. The van der Waals surface area contributed by atoms with Gasteiger partial charge in [0.15, 0.2) is 0 Å². The Balaban J connectivity index is 1.68. The average Bonchev–Trinajstić information content (AvgIpc) is 2.25. The number of likely N-dealkylation sites (tertiary alicyclic amines) is 1. The number of carbonyl (C=O) groups excluding carboxylic acids is 1. The molecular weight excluding hydrogens is 238 g/mol. The van der Waals surface area contributed by atoms with Crippen LogP contribution in [0.5, 0.6) is 0 Å². The van der Waals surface area contributed by atoms with Crippen LogP contribution in [0, 0.1) is 5.92 Å². The lowest BCUT2D eigenvalue weighted by Crippen LogP contribution is -2.51. The zero-order valence-corrected chi connectivity index (χ0v) is 12.1. The molecule has 0 bridgehead atoms. The summed E-state index contributed by atoms with van der Waals surface area (Å²) in [5.74, 6) is 0.618. The molecule has 1 aliphatic rings. The van der Waals surface area contributed by atoms with Crippen molar-refractivity contribution in [1.82, 2.24) is 4.90 Å². The van der Waals surface area contributed by atoms with E-state index in [-0.39, 0.29) is 6.09 Å². The first-order valence-corrected chi connectivity index (χ1v) is 6.96. The normalized spacial score (nSPS) is 16.1. The van der Waals surface area contributed by atoms with Gasteiger partial charge in [0.05, 0.1) is 0 Å². The molecule has 0 aromatic heterocycles. The molecule has 3 heteroatoms. The fourth-order valence-electron chi connectivity index (χ4n) is 2.24. The summed E-state index contributed by atoms with van der Waals surface area (Å²) in [7, 11) is 0. The van der Waals surface area contributed by atoms with Crippen LogP contribution in [0.15, 0.2) is 30.3 Å². The number of hydrogen-bond donors (Lipinski definition) is 0. The third kappa shape index (κ3) is 4.27. The molecule has 1 aliphatic heterocycles. The second-order valence-corrected chi connectivity index (χ2v) is 6.28. The Hall–Kier alpha value is -1.51. The van der Waals surface area contributed by atoms with Crippen molar-refractivity contribution >= 4 is 6.09 Å². The van der Waals surface area contributed by atoms with Crippen molar-refractivity contribution < 1.29 is 9.53 Å². The molecule has 0 radical (unpaired) electrons. The molecule has 1 amide bonds. The Labute approximate surface area is 115 Å². The van der Waals surface area contributed by atoms with Crippen molar-refractivity contribution in [2.45, 2.75) is 39.2 Å². The summed E-state index contributed by atoms with van der Waals surface area (Å²) in [6, 6.07) is 10.5. The van der Waals surface area contributed by atoms with E-state index < -0.39 is 5.60 Å². The van der Waals surface area contributed by atoms with Gasteiger partial charge in [-0.2, -0.15) is 0 Å². The molecule has 19 heavy (non-hydrogen) atoms. The van der Waals surface area contributed by atoms with Gasteiger partial charge in [-0.1, -0.05) is 30.3 Å². The van der Waals surface area contributed by atoms with E-state index in [4.69, 9.17) is 4.74 Å². The minimum atomic E-state index is -0.397. The molecule has 0 aliphatic carbocycles. The van der Waals surface area contributed by atoms with E-state index in [0.717, 1.165) is 25.9 Å². The van der Waals surface area contributed by atoms with E-state index in [1.807, 2.05) is 26.8 Å². The molecule has 1 fully saturated rings. The Kier molecular flexibility index (Phi) is 4.13. The van der Waals surface area contributed by atoms with Crippen molar-refractivity contribution in [1.29, 1.82) is 0 Å². The number of amides is 1. The van der Waals surface area contributed by atoms with Gasteiger partial charge in [-0.15, -0.1) is 0 Å². The van der Waals surface area contributed by atoms with E-state index >= 15 is 0 Å². The zero-order valence-electron chi connectivity index (χ0n) is 12.1. The van der Waals surface area contributed by atoms with Crippen LogP contribution in [0.3, 0.4) is 0 Å². The first kappa shape index (κ1) is 13.9. The van der Waals surface area contributed by atoms with Gasteiger partial charge in [0.1, 0.15) is 5.60 Å². The standard InChI is InChI=1S/C16H23NO2/c1-16(2,3)19-15(18)17-11-14(12-17)10-9-13-7-5-4-6-8-13/h4-8,14H,9-12H2,1-3H3. The van der Waals surface area contributed by atoms with Crippen molar-refractivity contribution in [3.8, 4) is 0 Å². The van der Waals surface area contributed by atoms with Crippen LogP contribution < -0.4 is 0 Å². The second kappa shape index (κ2) is 5.64. The second-order valence-electron chi connectivity index (χ2n) is 6.28. The maximum absolute atomic E-state index is 11.8. The lowest BCUT2D eigenvalue weighted by molar-refractivity contribution is -0.00202. The third-order valence-corrected chi connectivity index (χ3v) is 3.29. The number of hydrogen-bond acceptors (Lipinski definition) is 2. The third-order valence-electron chi connectivity index (χ3n) is 3.29. The highest BCUT2D eigenvalue weighted by atomic mass is 16.6. The predicted octanol–water partition coefficient (Wildman–Crippen LogP) is 3.49. The van der Waals surface area contributed by atoms with Crippen LogP contribution in [0.2, 0.25) is 0 Å². The van der Waals surface area contributed by atoms with Crippen molar-refractivity contribution in [2.75, 3.05) is 13.1 Å². The molecule has 0 N–H and O–H groups in total. The quantitative estimate of drug-likeness (QED) is 0.833. The van der Waals surface area contributed by atoms with Gasteiger partial charge in [0.25, 0.3) is 0 Å². The highest BCUT2D eigenvalue weighted by Gasteiger charge is 2.33. The molecular formula is C16H23NO2. The lowest BCUT2D eigenvalue weighted by Gasteiger charge is -2.39. The largest absolute Gasteiger partial charge is 0.444 e. The summed E-state index contributed by atoms with van der Waals surface area (Å²) in [6.07, 6.45) is 2.06. The maximum atomic E-state index is 11.8. The molecule has 3 nitrogen and oxygen atoms in total. The van der Waals surface area contributed by atoms with Crippen molar-refractivity contribution in [3.63, 3.8) is 0 Å². The van der Waals surface area contributed by atoms with Gasteiger partial charge in [0, 0.05) is 13.1 Å². The molecule has 2 rings (SSSR count). The number of rotatable bonds is 3. The Morgan fingerprint density at radius 3 is 2.47 bits per heavy atom. The van der Waals surface area contributed by atoms with E-state index in [1.54, 1.807) is 4.90 Å². The van der Waals surface area contributed by atoms with E-state index in [2.05, 4.69) is 24.3 Å². The number of aryl methyl sites for hydroxylation is 1. The van der Waals surface area contributed by atoms with Gasteiger partial charge >= 0.3 is 6.09 Å². The highest BCUT2D eigenvalue weighted by Crippen LogP contribution is 2.23. The van der Waals surface area contributed by atoms with E-state index in [1.165, 1.54) is 5.56 Å². The Morgan fingerprint density at radius 2 is 1.89 bits per heavy atom. The van der Waals surface area contributed by atoms with Crippen LogP contribution in [-0.4, -0.2) is 29.7 Å². The molecule has 104 valence electrons. The van der Waals surface area contributed by atoms with Gasteiger partial charge < -0.3 is 9.64 Å². The summed E-state index contributed by atoms with van der Waals surface area (Å²) >= 11 is 0. The molecule has 0 unspecified atom stereocenters. The van der Waals surface area contributed by atoms with Gasteiger partial charge in [-0.25, -0.2) is 4.79 Å². The van der Waals surface area contributed by atoms with Gasteiger partial charge in [-0.3, -0.25) is 0 Å². The van der Waals surface area contributed by atoms with Crippen LogP contribution in [-0.2, 0) is 11.2 Å². The predicted molar refractivity (Wildman–Crippen MR) is 76.1 cm³/mol. The highest BCUT2D eigenvalue weighted by molar-refractivity contribution is 5.69. The summed E-state index contributed by atoms with van der Waals surface area (Å²) < 4.78 is 5.34. The summed E-state index contributed by atoms with van der Waals surface area (Å²) in [5.41, 5.74) is 0.977. The first-order valence-electron chi connectivity index (χ1n) is 6.96. The average molecular weight is 261 g/mol. The van der Waals surface area contributed by atoms with Crippen molar-refractivity contribution in [3.05, 3.63) is 35.9 Å². The number of ether oxygens (including phenoxy) is 1. The van der Waals surface area contributed by atoms with Crippen LogP contribution >= 0.6 is 0 Å². The molecule has 0 spiro atoms. The zero-order chi connectivity index (χ0) is 13.9. The molecule has 0 saturated carbocycles. The fourth-order valence-corrected chi connectivity index (χ4v) is 2.24. The van der Waals surface area contributed by atoms with E-state index in [0.29, 0.717) is 5.92 Å². The first-order chi connectivity index (χ1) is 8.94. The Morgan fingerprint density at radius 1 is 1.26 bits per heavy atom. The van der Waals surface area contributed by atoms with Crippen LogP contribution in [0.1, 0.15) is 32.8 Å². The summed E-state index contributed by atoms with van der Waals surface area (Å²) in [5, 5.41) is 0. The maximum Gasteiger partial charge on any atom is 0.410 e. The van der Waals surface area contributed by atoms with Crippen LogP contribution in [0.4, 0.5) is 4.79 Å². The van der Waals surface area contributed by atoms with E-state index in [9.17, 15) is 4.79 Å². The molecule has 1 aromatic rings. The minimum Gasteiger partial charge on any atom is -0.444 e. The number of carbonyl (C=O) groups is 1. The number of benzene rings is 1. The van der Waals surface area contributed by atoms with Gasteiger partial charge in [0.2, 0.25) is 0 Å². The van der Waals surface area contributed by atoms with Crippen molar-refractivity contribution in [2.24, 2.45) is 5.92 Å². The summed E-state index contributed by atoms with van der Waals surface area (Å²) in [4.78, 5) is 13.6. The SMILES string of the molecule is CC(C)(C)OC(=O)N1CC(CCc2ccccc2)C1. The van der Waals surface area contributed by atoms with Crippen LogP contribution in [0.25, 0.3) is 0 Å². The number of nitrogens with zero attached hydrogens (tertiary/aromatic N) is 1. The Bertz CT molecular complexity index is 416.